The number of carbonyl (C=O) groups excluding carboxylic acids is 3. The molecule has 0 aliphatic carbocycles. The fraction of sp³-hybridized carbons (Fsp3) is 0.737. The average Bonchev–Trinajstić information content (AvgIpc) is 2.60. The van der Waals surface area contributed by atoms with Gasteiger partial charge in [-0.15, -0.1) is 0 Å². The fourth-order valence-electron chi connectivity index (χ4n) is 2.31. The van der Waals surface area contributed by atoms with Gasteiger partial charge in [0.05, 0.1) is 18.6 Å². The van der Waals surface area contributed by atoms with Gasteiger partial charge in [0.25, 0.3) is 5.91 Å². The molecule has 0 bridgehead atoms. The highest BCUT2D eigenvalue weighted by molar-refractivity contribution is 8.13. The van der Waals surface area contributed by atoms with Crippen molar-refractivity contribution in [3.8, 4) is 0 Å². The first-order valence-electron chi connectivity index (χ1n) is 9.27. The van der Waals surface area contributed by atoms with Crippen LogP contribution in [0.15, 0.2) is 12.3 Å². The van der Waals surface area contributed by atoms with E-state index in [0.29, 0.717) is 18.9 Å². The quantitative estimate of drug-likeness (QED) is 0.402. The van der Waals surface area contributed by atoms with Crippen molar-refractivity contribution < 1.29 is 29.0 Å². The molecule has 1 fully saturated rings. The molecule has 0 radical (unpaired) electrons. The largest absolute Gasteiger partial charge is 0.393 e. The van der Waals surface area contributed by atoms with Crippen molar-refractivity contribution in [2.75, 3.05) is 18.9 Å². The Bertz CT molecular complexity index is 603. The summed E-state index contributed by atoms with van der Waals surface area (Å²) in [6.07, 6.45) is 1.08. The molecule has 1 aliphatic heterocycles. The molecule has 1 rings (SSSR count). The van der Waals surface area contributed by atoms with Gasteiger partial charge in [-0.3, -0.25) is 14.4 Å². The lowest BCUT2D eigenvalue weighted by atomic mass is 9.85. The monoisotopic (exact) mass is 416 g/mol. The van der Waals surface area contributed by atoms with Gasteiger partial charge in [-0.2, -0.15) is 0 Å². The van der Waals surface area contributed by atoms with Crippen molar-refractivity contribution in [2.24, 2.45) is 11.3 Å². The molecule has 0 saturated carbocycles. The third-order valence-corrected chi connectivity index (χ3v) is 5.41. The van der Waals surface area contributed by atoms with Gasteiger partial charge in [-0.25, -0.2) is 0 Å². The van der Waals surface area contributed by atoms with Crippen LogP contribution in [0.3, 0.4) is 0 Å². The van der Waals surface area contributed by atoms with E-state index in [1.807, 2.05) is 13.8 Å². The van der Waals surface area contributed by atoms with Crippen LogP contribution in [0.2, 0.25) is 0 Å². The molecule has 1 aliphatic rings. The predicted octanol–water partition coefficient (Wildman–Crippen LogP) is 1.19. The molecule has 2 amide bonds. The summed E-state index contributed by atoms with van der Waals surface area (Å²) in [5.41, 5.74) is -0.497. The molecule has 1 unspecified atom stereocenters. The third kappa shape index (κ3) is 7.90. The van der Waals surface area contributed by atoms with Crippen LogP contribution >= 0.6 is 11.8 Å². The van der Waals surface area contributed by atoms with Gasteiger partial charge in [-0.1, -0.05) is 32.5 Å². The number of hydrogen-bond donors (Lipinski definition) is 3. The standard InChI is InChI=1S/C19H32N2O6S/c1-12(13(2)22)17(25)28-10-9-20-14(23)7-8-21-16(24)15-18(3,4)11-26-19(5,6)27-15/h7-8,12-13,15,22H,9-11H2,1-6H3,(H,20,23)(H,21,24)/t12?,13-,15-/m0/s1. The number of carbonyl (C=O) groups is 3. The zero-order valence-electron chi connectivity index (χ0n) is 17.4. The smallest absolute Gasteiger partial charge is 0.253 e. The Hall–Kier alpha value is -1.42. The summed E-state index contributed by atoms with van der Waals surface area (Å²) in [7, 11) is 0. The van der Waals surface area contributed by atoms with Gasteiger partial charge >= 0.3 is 0 Å². The van der Waals surface area contributed by atoms with Crippen LogP contribution in [0.5, 0.6) is 0 Å². The van der Waals surface area contributed by atoms with E-state index in [1.165, 1.54) is 12.3 Å². The Morgan fingerprint density at radius 2 is 1.89 bits per heavy atom. The van der Waals surface area contributed by atoms with Crippen LogP contribution < -0.4 is 10.6 Å². The lowest BCUT2D eigenvalue weighted by Gasteiger charge is -2.44. The minimum absolute atomic E-state index is 0.117. The molecule has 1 saturated heterocycles. The average molecular weight is 417 g/mol. The van der Waals surface area contributed by atoms with E-state index >= 15 is 0 Å². The second-order valence-corrected chi connectivity index (χ2v) is 9.10. The molecular weight excluding hydrogens is 384 g/mol. The van der Waals surface area contributed by atoms with Gasteiger partial charge in [0.2, 0.25) is 5.91 Å². The molecule has 9 heteroatoms. The normalized spacial score (nSPS) is 23.0. The first-order chi connectivity index (χ1) is 12.9. The molecule has 1 heterocycles. The highest BCUT2D eigenvalue weighted by Gasteiger charge is 2.45. The van der Waals surface area contributed by atoms with Crippen molar-refractivity contribution >= 4 is 28.7 Å². The molecule has 0 aromatic rings. The predicted molar refractivity (Wildman–Crippen MR) is 107 cm³/mol. The summed E-state index contributed by atoms with van der Waals surface area (Å²) in [6.45, 7) is 11.1. The first-order valence-corrected chi connectivity index (χ1v) is 10.3. The van der Waals surface area contributed by atoms with E-state index in [1.54, 1.807) is 27.7 Å². The minimum atomic E-state index is -0.848. The number of aliphatic hydroxyl groups excluding tert-OH is 1. The molecular formula is C19H32N2O6S. The fourth-order valence-corrected chi connectivity index (χ4v) is 3.17. The highest BCUT2D eigenvalue weighted by atomic mass is 32.2. The summed E-state index contributed by atoms with van der Waals surface area (Å²) in [4.78, 5) is 35.9. The number of aliphatic hydroxyl groups is 1. The van der Waals surface area contributed by atoms with Gasteiger partial charge < -0.3 is 25.2 Å². The maximum absolute atomic E-state index is 12.4. The number of hydrogen-bond acceptors (Lipinski definition) is 7. The van der Waals surface area contributed by atoms with E-state index in [2.05, 4.69) is 10.6 Å². The van der Waals surface area contributed by atoms with E-state index in [-0.39, 0.29) is 16.9 Å². The third-order valence-electron chi connectivity index (χ3n) is 4.34. The molecule has 3 N–H and O–H groups in total. The molecule has 3 atom stereocenters. The molecule has 8 nitrogen and oxygen atoms in total. The van der Waals surface area contributed by atoms with E-state index in [9.17, 15) is 19.5 Å². The minimum Gasteiger partial charge on any atom is -0.393 e. The van der Waals surface area contributed by atoms with Gasteiger partial charge in [0.1, 0.15) is 6.10 Å². The Morgan fingerprint density at radius 1 is 1.25 bits per heavy atom. The van der Waals surface area contributed by atoms with Crippen LogP contribution in [-0.2, 0) is 23.9 Å². The molecule has 28 heavy (non-hydrogen) atoms. The Kier molecular flexibility index (Phi) is 9.13. The second-order valence-electron chi connectivity index (χ2n) is 8.00. The van der Waals surface area contributed by atoms with Crippen LogP contribution in [-0.4, -0.2) is 58.9 Å². The van der Waals surface area contributed by atoms with Crippen LogP contribution in [0.25, 0.3) is 0 Å². The first kappa shape index (κ1) is 24.6. The van der Waals surface area contributed by atoms with Crippen molar-refractivity contribution in [2.45, 2.75) is 59.5 Å². The Morgan fingerprint density at radius 3 is 2.50 bits per heavy atom. The SMILES string of the molecule is CC(C(=O)SCCNC(=O)C=CNC(=O)[C@@H]1OC(C)(C)OCC1(C)C)[C@H](C)O. The Balaban J connectivity index is 2.37. The van der Waals surface area contributed by atoms with Crippen molar-refractivity contribution in [1.82, 2.24) is 10.6 Å². The topological polar surface area (TPSA) is 114 Å². The zero-order chi connectivity index (χ0) is 21.5. The number of amides is 2. The van der Waals surface area contributed by atoms with Crippen LogP contribution in [0, 0.1) is 11.3 Å². The summed E-state index contributed by atoms with van der Waals surface area (Å²) in [5.74, 6) is -1.62. The van der Waals surface area contributed by atoms with Crippen molar-refractivity contribution in [3.05, 3.63) is 12.3 Å². The van der Waals surface area contributed by atoms with Gasteiger partial charge in [0.15, 0.2) is 10.9 Å². The van der Waals surface area contributed by atoms with Crippen LogP contribution in [0.4, 0.5) is 0 Å². The van der Waals surface area contributed by atoms with E-state index < -0.39 is 29.3 Å². The molecule has 160 valence electrons. The van der Waals surface area contributed by atoms with Gasteiger partial charge in [0, 0.05) is 30.0 Å². The number of thioether (sulfide) groups is 1. The summed E-state index contributed by atoms with van der Waals surface area (Å²) in [6, 6.07) is 0. The van der Waals surface area contributed by atoms with E-state index in [4.69, 9.17) is 9.47 Å². The van der Waals surface area contributed by atoms with Crippen molar-refractivity contribution in [3.63, 3.8) is 0 Å². The number of nitrogens with one attached hydrogen (secondary N) is 2. The van der Waals surface area contributed by atoms with Crippen LogP contribution in [0.1, 0.15) is 41.5 Å². The highest BCUT2D eigenvalue weighted by Crippen LogP contribution is 2.34. The lowest BCUT2D eigenvalue weighted by molar-refractivity contribution is -0.303. The maximum atomic E-state index is 12.4. The molecule has 0 aromatic heterocycles. The number of rotatable bonds is 8. The van der Waals surface area contributed by atoms with Crippen molar-refractivity contribution in [1.29, 1.82) is 0 Å². The molecule has 0 aromatic carbocycles. The Labute approximate surface area is 170 Å². The zero-order valence-corrected chi connectivity index (χ0v) is 18.2. The second kappa shape index (κ2) is 10.4. The number of ether oxygens (including phenoxy) is 2. The van der Waals surface area contributed by atoms with Gasteiger partial charge in [-0.05, 0) is 20.8 Å². The molecule has 0 spiro atoms. The summed E-state index contributed by atoms with van der Waals surface area (Å²) < 4.78 is 11.3. The van der Waals surface area contributed by atoms with E-state index in [0.717, 1.165) is 11.8 Å². The maximum Gasteiger partial charge on any atom is 0.253 e. The summed E-state index contributed by atoms with van der Waals surface area (Å²) >= 11 is 1.07. The lowest BCUT2D eigenvalue weighted by Crippen LogP contribution is -2.55. The summed E-state index contributed by atoms with van der Waals surface area (Å²) in [5, 5.41) is 14.4.